The largest absolute Gasteiger partial charge is 0.374 e. The quantitative estimate of drug-likeness (QED) is 0.842. The monoisotopic (exact) mass is 346 g/mol. The molecule has 0 aromatic carbocycles. The molecule has 0 radical (unpaired) electrons. The Kier molecular flexibility index (Phi) is 7.94. The van der Waals surface area contributed by atoms with Crippen molar-refractivity contribution in [2.24, 2.45) is 11.7 Å². The van der Waals surface area contributed by atoms with Gasteiger partial charge in [0.15, 0.2) is 5.82 Å². The lowest BCUT2D eigenvalue weighted by molar-refractivity contribution is -0.135. The summed E-state index contributed by atoms with van der Waals surface area (Å²) in [6.07, 6.45) is 2.63. The van der Waals surface area contributed by atoms with Crippen molar-refractivity contribution >= 4 is 18.3 Å². The fourth-order valence-corrected chi connectivity index (χ4v) is 2.80. The zero-order chi connectivity index (χ0) is 16.1. The highest BCUT2D eigenvalue weighted by molar-refractivity contribution is 5.85. The maximum atomic E-state index is 12.4. The maximum Gasteiger partial charge on any atom is 0.227 e. The molecule has 1 amide bonds. The van der Waals surface area contributed by atoms with Crippen LogP contribution in [0.4, 0.5) is 0 Å². The van der Waals surface area contributed by atoms with E-state index in [1.807, 2.05) is 11.8 Å². The van der Waals surface area contributed by atoms with Crippen LogP contribution in [0.3, 0.4) is 0 Å². The number of aromatic nitrogens is 2. The molecule has 1 aliphatic rings. The Balaban J connectivity index is 0.00000264. The van der Waals surface area contributed by atoms with Crippen molar-refractivity contribution in [3.63, 3.8) is 0 Å². The molecule has 1 aromatic heterocycles. The van der Waals surface area contributed by atoms with Crippen LogP contribution in [0.15, 0.2) is 4.52 Å². The summed E-state index contributed by atoms with van der Waals surface area (Å²) < 4.78 is 10.3. The van der Waals surface area contributed by atoms with Crippen LogP contribution in [-0.2, 0) is 16.0 Å². The fraction of sp³-hybridized carbons (Fsp3) is 0.800. The highest BCUT2D eigenvalue weighted by Gasteiger charge is 2.28. The Hall–Kier alpha value is -1.18. The van der Waals surface area contributed by atoms with E-state index in [0.717, 1.165) is 19.4 Å². The summed E-state index contributed by atoms with van der Waals surface area (Å²) in [5, 5.41) is 3.86. The van der Waals surface area contributed by atoms with E-state index >= 15 is 0 Å². The normalized spacial score (nSPS) is 22.5. The van der Waals surface area contributed by atoms with Gasteiger partial charge in [0, 0.05) is 39.1 Å². The summed E-state index contributed by atoms with van der Waals surface area (Å²) in [5.41, 5.74) is 5.80. The molecule has 3 unspecified atom stereocenters. The van der Waals surface area contributed by atoms with Crippen molar-refractivity contribution in [2.75, 3.05) is 20.2 Å². The van der Waals surface area contributed by atoms with Gasteiger partial charge >= 0.3 is 0 Å². The molecule has 7 nitrogen and oxygen atoms in total. The topological polar surface area (TPSA) is 94.5 Å². The van der Waals surface area contributed by atoms with Crippen molar-refractivity contribution in [2.45, 2.75) is 51.7 Å². The van der Waals surface area contributed by atoms with Crippen molar-refractivity contribution < 1.29 is 14.1 Å². The third-order valence-corrected chi connectivity index (χ3v) is 4.32. The number of methoxy groups -OCH3 is 1. The number of carbonyl (C=O) groups is 1. The minimum atomic E-state index is -0.210. The third-order valence-electron chi connectivity index (χ3n) is 4.32. The van der Waals surface area contributed by atoms with E-state index in [1.54, 1.807) is 7.11 Å². The third kappa shape index (κ3) is 5.16. The van der Waals surface area contributed by atoms with Crippen LogP contribution >= 0.6 is 12.4 Å². The maximum absolute atomic E-state index is 12.4. The number of nitrogens with zero attached hydrogens (tertiary/aromatic N) is 3. The minimum absolute atomic E-state index is 0. The molecule has 2 N–H and O–H groups in total. The van der Waals surface area contributed by atoms with Gasteiger partial charge in [-0.3, -0.25) is 4.79 Å². The Bertz CT molecular complexity index is 497. The molecule has 0 saturated carbocycles. The van der Waals surface area contributed by atoms with Gasteiger partial charge in [-0.15, -0.1) is 12.4 Å². The van der Waals surface area contributed by atoms with Crippen LogP contribution in [0, 0.1) is 5.92 Å². The van der Waals surface area contributed by atoms with Gasteiger partial charge in [0.05, 0.1) is 0 Å². The van der Waals surface area contributed by atoms with Gasteiger partial charge in [-0.25, -0.2) is 0 Å². The number of halogens is 1. The van der Waals surface area contributed by atoms with Crippen LogP contribution in [0.5, 0.6) is 0 Å². The lowest BCUT2D eigenvalue weighted by atomic mass is 9.92. The Morgan fingerprint density at radius 3 is 2.96 bits per heavy atom. The molecule has 0 aliphatic carbocycles. The van der Waals surface area contributed by atoms with Gasteiger partial charge in [0.2, 0.25) is 11.8 Å². The van der Waals surface area contributed by atoms with E-state index in [1.165, 1.54) is 0 Å². The first-order valence-electron chi connectivity index (χ1n) is 7.90. The molecule has 132 valence electrons. The predicted molar refractivity (Wildman–Crippen MR) is 88.2 cm³/mol. The molecule has 2 rings (SSSR count). The average Bonchev–Trinajstić information content (AvgIpc) is 3.00. The standard InChI is InChI=1S/C15H26N4O3.ClH/c1-10-6-7-19(12(8-10)9-16)14(20)5-4-13-17-15(18-22-13)11(2)21-3;/h10-12H,4-9,16H2,1-3H3;1H. The zero-order valence-electron chi connectivity index (χ0n) is 14.0. The van der Waals surface area contributed by atoms with E-state index < -0.39 is 0 Å². The number of carbonyl (C=O) groups excluding carboxylic acids is 1. The summed E-state index contributed by atoms with van der Waals surface area (Å²) in [5.74, 6) is 1.73. The number of aryl methyl sites for hydroxylation is 1. The van der Waals surface area contributed by atoms with Gasteiger partial charge in [-0.2, -0.15) is 4.98 Å². The highest BCUT2D eigenvalue weighted by Crippen LogP contribution is 2.23. The lowest BCUT2D eigenvalue weighted by Gasteiger charge is -2.38. The van der Waals surface area contributed by atoms with Crippen molar-refractivity contribution in [3.05, 3.63) is 11.7 Å². The molecule has 0 spiro atoms. The van der Waals surface area contributed by atoms with E-state index in [2.05, 4.69) is 17.1 Å². The van der Waals surface area contributed by atoms with Crippen molar-refractivity contribution in [1.82, 2.24) is 15.0 Å². The second kappa shape index (κ2) is 9.20. The number of likely N-dealkylation sites (tertiary alicyclic amines) is 1. The van der Waals surface area contributed by atoms with Gasteiger partial charge < -0.3 is 19.9 Å². The van der Waals surface area contributed by atoms with Gasteiger partial charge in [0.25, 0.3) is 0 Å². The second-order valence-corrected chi connectivity index (χ2v) is 6.03. The predicted octanol–water partition coefficient (Wildman–Crippen LogP) is 1.72. The number of hydrogen-bond acceptors (Lipinski definition) is 6. The van der Waals surface area contributed by atoms with Gasteiger partial charge in [-0.1, -0.05) is 12.1 Å². The average molecular weight is 347 g/mol. The number of hydrogen-bond donors (Lipinski definition) is 1. The first-order valence-corrected chi connectivity index (χ1v) is 7.90. The van der Waals surface area contributed by atoms with Crippen LogP contribution in [0.1, 0.15) is 50.9 Å². The number of nitrogens with two attached hydrogens (primary N) is 1. The molecule has 1 aromatic rings. The zero-order valence-corrected chi connectivity index (χ0v) is 14.8. The molecule has 3 atom stereocenters. The van der Waals surface area contributed by atoms with Crippen LogP contribution in [0.25, 0.3) is 0 Å². The molecular weight excluding hydrogens is 320 g/mol. The summed E-state index contributed by atoms with van der Waals surface area (Å²) in [7, 11) is 1.59. The molecule has 0 bridgehead atoms. The molecule has 1 fully saturated rings. The molecule has 1 aliphatic heterocycles. The van der Waals surface area contributed by atoms with E-state index in [0.29, 0.717) is 37.0 Å². The van der Waals surface area contributed by atoms with E-state index in [4.69, 9.17) is 15.0 Å². The number of rotatable bonds is 6. The van der Waals surface area contributed by atoms with Gasteiger partial charge in [0.1, 0.15) is 6.10 Å². The van der Waals surface area contributed by atoms with Gasteiger partial charge in [-0.05, 0) is 25.7 Å². The highest BCUT2D eigenvalue weighted by atomic mass is 35.5. The summed E-state index contributed by atoms with van der Waals surface area (Å²) in [4.78, 5) is 18.6. The Labute approximate surface area is 143 Å². The summed E-state index contributed by atoms with van der Waals surface area (Å²) in [6.45, 7) is 5.37. The van der Waals surface area contributed by atoms with Crippen LogP contribution in [-0.4, -0.2) is 47.2 Å². The fourth-order valence-electron chi connectivity index (χ4n) is 2.80. The van der Waals surface area contributed by atoms with Crippen molar-refractivity contribution in [3.8, 4) is 0 Å². The summed E-state index contributed by atoms with van der Waals surface area (Å²) in [6, 6.07) is 0.156. The molecule has 2 heterocycles. The molecule has 23 heavy (non-hydrogen) atoms. The van der Waals surface area contributed by atoms with Crippen molar-refractivity contribution in [1.29, 1.82) is 0 Å². The summed E-state index contributed by atoms with van der Waals surface area (Å²) >= 11 is 0. The molecule has 8 heteroatoms. The van der Waals surface area contributed by atoms with Crippen LogP contribution < -0.4 is 5.73 Å². The van der Waals surface area contributed by atoms with E-state index in [9.17, 15) is 4.79 Å². The molecular formula is C15H27ClN4O3. The molecule has 1 saturated heterocycles. The van der Waals surface area contributed by atoms with E-state index in [-0.39, 0.29) is 30.5 Å². The Morgan fingerprint density at radius 2 is 2.30 bits per heavy atom. The second-order valence-electron chi connectivity index (χ2n) is 6.03. The van der Waals surface area contributed by atoms with Crippen LogP contribution in [0.2, 0.25) is 0 Å². The minimum Gasteiger partial charge on any atom is -0.374 e. The Morgan fingerprint density at radius 1 is 1.57 bits per heavy atom. The number of piperidine rings is 1. The lowest BCUT2D eigenvalue weighted by Crippen LogP contribution is -2.49. The first-order chi connectivity index (χ1) is 10.5. The first kappa shape index (κ1) is 19.9. The smallest absolute Gasteiger partial charge is 0.227 e. The SMILES string of the molecule is COC(C)c1noc(CCC(=O)N2CCC(C)CC2CN)n1.Cl. The number of ether oxygens (including phenoxy) is 1. The number of amides is 1.